The first-order chi connectivity index (χ1) is 16.2. The van der Waals surface area contributed by atoms with Crippen molar-refractivity contribution in [2.75, 3.05) is 26.9 Å². The number of fused-ring (bicyclic) bond motifs is 1. The highest BCUT2D eigenvalue weighted by molar-refractivity contribution is 5.95. The molecule has 1 aliphatic rings. The van der Waals surface area contributed by atoms with Gasteiger partial charge in [0.25, 0.3) is 0 Å². The Kier molecular flexibility index (Phi) is 7.16. The van der Waals surface area contributed by atoms with E-state index in [0.717, 1.165) is 47.2 Å². The quantitative estimate of drug-likeness (QED) is 0.294. The van der Waals surface area contributed by atoms with E-state index < -0.39 is 0 Å². The molecular weight excluding hydrogens is 418 g/mol. The van der Waals surface area contributed by atoms with Gasteiger partial charge >= 0.3 is 6.08 Å². The molecule has 0 unspecified atom stereocenters. The number of nitrogens with zero attached hydrogens (tertiary/aromatic N) is 2. The van der Waals surface area contributed by atoms with Crippen molar-refractivity contribution in [3.8, 4) is 23.1 Å². The van der Waals surface area contributed by atoms with E-state index in [0.29, 0.717) is 37.1 Å². The first-order valence-electron chi connectivity index (χ1n) is 11.4. The zero-order valence-electron chi connectivity index (χ0n) is 19.1. The molecule has 2 N–H and O–H groups in total. The zero-order valence-corrected chi connectivity index (χ0v) is 19.1. The number of benzene rings is 2. The third kappa shape index (κ3) is 4.81. The summed E-state index contributed by atoms with van der Waals surface area (Å²) in [4.78, 5) is 2.85. The van der Waals surface area contributed by atoms with Gasteiger partial charge in [0.15, 0.2) is 0 Å². The first kappa shape index (κ1) is 22.7. The highest BCUT2D eigenvalue weighted by Gasteiger charge is 2.28. The molecule has 4 rings (SSSR count). The minimum absolute atomic E-state index is 0.216. The number of aliphatic hydroxyl groups is 1. The van der Waals surface area contributed by atoms with Crippen LogP contribution in [0.25, 0.3) is 22.2 Å². The molecule has 0 radical (unpaired) electrons. The van der Waals surface area contributed by atoms with E-state index in [1.54, 1.807) is 7.11 Å². The fourth-order valence-electron chi connectivity index (χ4n) is 4.11. The van der Waals surface area contributed by atoms with Crippen molar-refractivity contribution in [3.05, 3.63) is 48.0 Å². The standard InChI is InChI=1S/C26H29N3O4/c1-3-13-33-26(30)28-19-9-7-18(8-10-19)25-23(17-27)22-12-11-21(32-15-14-31-2)16-24(22)29(25)20-5-4-6-20/h7-12,16,20H,3-6,13-15H2,1-2H3,(H,28,30)/p+1. The Hall–Kier alpha value is -3.50. The molecule has 7 nitrogen and oxygen atoms in total. The van der Waals surface area contributed by atoms with Gasteiger partial charge in [-0.3, -0.25) is 0 Å². The fraction of sp³-hybridized carbons (Fsp3) is 0.385. The molecule has 7 heteroatoms. The molecule has 3 aromatic rings. The van der Waals surface area contributed by atoms with Crippen LogP contribution in [-0.4, -0.2) is 42.7 Å². The van der Waals surface area contributed by atoms with Crippen LogP contribution in [0.1, 0.15) is 44.2 Å². The third-order valence-corrected chi connectivity index (χ3v) is 5.94. The highest BCUT2D eigenvalue weighted by Crippen LogP contribution is 2.43. The topological polar surface area (TPSA) is 90.6 Å². The van der Waals surface area contributed by atoms with Gasteiger partial charge in [-0.1, -0.05) is 6.92 Å². The van der Waals surface area contributed by atoms with Crippen molar-refractivity contribution in [1.82, 2.24) is 4.57 Å². The molecule has 1 aromatic heterocycles. The maximum Gasteiger partial charge on any atom is 0.551 e. The van der Waals surface area contributed by atoms with Crippen molar-refractivity contribution < 1.29 is 24.3 Å². The van der Waals surface area contributed by atoms with Crippen LogP contribution in [0.4, 0.5) is 5.69 Å². The van der Waals surface area contributed by atoms with Gasteiger partial charge < -0.3 is 23.9 Å². The second-order valence-corrected chi connectivity index (χ2v) is 8.17. The summed E-state index contributed by atoms with van der Waals surface area (Å²) in [6, 6.07) is 16.4. The minimum atomic E-state index is -0.216. The molecule has 0 saturated heterocycles. The molecular formula is C26H30N3O4+. The monoisotopic (exact) mass is 448 g/mol. The maximum atomic E-state index is 10.1. The summed E-state index contributed by atoms with van der Waals surface area (Å²) in [5.74, 6) is 0.770. The molecule has 1 fully saturated rings. The molecule has 0 spiro atoms. The van der Waals surface area contributed by atoms with Gasteiger partial charge in [0.05, 0.1) is 30.0 Å². The number of ether oxygens (including phenoxy) is 3. The summed E-state index contributed by atoms with van der Waals surface area (Å²) in [7, 11) is 1.65. The van der Waals surface area contributed by atoms with Crippen LogP contribution in [0.2, 0.25) is 0 Å². The molecule has 0 amide bonds. The summed E-state index contributed by atoms with van der Waals surface area (Å²) in [6.45, 7) is 3.42. The lowest BCUT2D eigenvalue weighted by atomic mass is 9.92. The number of aromatic nitrogens is 1. The first-order valence-corrected chi connectivity index (χ1v) is 11.4. The van der Waals surface area contributed by atoms with Gasteiger partial charge in [-0.15, -0.1) is 4.99 Å². The average molecular weight is 449 g/mol. The zero-order chi connectivity index (χ0) is 23.2. The normalized spacial score (nSPS) is 14.2. The molecule has 172 valence electrons. The summed E-state index contributed by atoms with van der Waals surface area (Å²) >= 11 is 0. The Morgan fingerprint density at radius 3 is 2.58 bits per heavy atom. The molecule has 0 atom stereocenters. The lowest BCUT2D eigenvalue weighted by molar-refractivity contribution is -0.382. The summed E-state index contributed by atoms with van der Waals surface area (Å²) in [6.07, 6.45) is 3.96. The van der Waals surface area contributed by atoms with Crippen molar-refractivity contribution in [3.63, 3.8) is 0 Å². The number of hydrogen-bond acceptors (Lipinski definition) is 4. The van der Waals surface area contributed by atoms with Crippen LogP contribution in [-0.2, 0) is 9.47 Å². The van der Waals surface area contributed by atoms with E-state index in [4.69, 9.17) is 14.2 Å². The van der Waals surface area contributed by atoms with Crippen LogP contribution in [0, 0.1) is 11.3 Å². The summed E-state index contributed by atoms with van der Waals surface area (Å²) < 4.78 is 18.4. The van der Waals surface area contributed by atoms with E-state index in [1.807, 2.05) is 49.4 Å². The summed E-state index contributed by atoms with van der Waals surface area (Å²) in [5, 5.41) is 20.9. The highest BCUT2D eigenvalue weighted by atomic mass is 16.6. The molecule has 1 aliphatic carbocycles. The van der Waals surface area contributed by atoms with Crippen LogP contribution < -0.4 is 9.73 Å². The lowest BCUT2D eigenvalue weighted by Gasteiger charge is -2.30. The average Bonchev–Trinajstić information content (AvgIpc) is 3.10. The third-order valence-electron chi connectivity index (χ3n) is 5.94. The van der Waals surface area contributed by atoms with E-state index in [2.05, 4.69) is 15.6 Å². The Morgan fingerprint density at radius 1 is 1.15 bits per heavy atom. The Balaban J connectivity index is 1.75. The van der Waals surface area contributed by atoms with Crippen LogP contribution in [0.5, 0.6) is 5.75 Å². The van der Waals surface area contributed by atoms with Gasteiger partial charge in [0.1, 0.15) is 18.4 Å². The Bertz CT molecular complexity index is 1170. The SMILES string of the molecule is CCCOC(O)=[NH+]c1ccc(-c2c(C#N)c3ccc(OCCOC)cc3n2C2CCC2)cc1. The van der Waals surface area contributed by atoms with Gasteiger partial charge in [-0.25, -0.2) is 0 Å². The number of rotatable bonds is 9. The van der Waals surface area contributed by atoms with Crippen LogP contribution >= 0.6 is 0 Å². The van der Waals surface area contributed by atoms with Crippen LogP contribution in [0.15, 0.2) is 42.5 Å². The molecule has 1 saturated carbocycles. The van der Waals surface area contributed by atoms with Gasteiger partial charge in [-0.2, -0.15) is 5.26 Å². The van der Waals surface area contributed by atoms with Crippen molar-refractivity contribution in [2.24, 2.45) is 0 Å². The second kappa shape index (κ2) is 10.4. The number of nitriles is 1. The van der Waals surface area contributed by atoms with Crippen LogP contribution in [0.3, 0.4) is 0 Å². The molecule has 33 heavy (non-hydrogen) atoms. The number of hydrogen-bond donors (Lipinski definition) is 2. The fourth-order valence-corrected chi connectivity index (χ4v) is 4.11. The largest absolute Gasteiger partial charge is 0.551 e. The van der Waals surface area contributed by atoms with E-state index >= 15 is 0 Å². The van der Waals surface area contributed by atoms with Gasteiger partial charge in [0, 0.05) is 42.3 Å². The van der Waals surface area contributed by atoms with E-state index in [-0.39, 0.29) is 6.08 Å². The molecule has 2 aromatic carbocycles. The molecule has 0 aliphatic heterocycles. The van der Waals surface area contributed by atoms with Crippen molar-refractivity contribution in [2.45, 2.75) is 38.6 Å². The molecule has 1 heterocycles. The van der Waals surface area contributed by atoms with Crippen molar-refractivity contribution in [1.29, 1.82) is 5.26 Å². The summed E-state index contributed by atoms with van der Waals surface area (Å²) in [5.41, 5.74) is 4.28. The van der Waals surface area contributed by atoms with Gasteiger partial charge in [0.2, 0.25) is 5.69 Å². The predicted octanol–water partition coefficient (Wildman–Crippen LogP) is 3.98. The number of aliphatic hydroxyl groups excluding tert-OH is 1. The van der Waals surface area contributed by atoms with Gasteiger partial charge in [-0.05, 0) is 49.9 Å². The number of methoxy groups -OCH3 is 1. The Labute approximate surface area is 193 Å². The lowest BCUT2D eigenvalue weighted by Crippen LogP contribution is -2.67. The number of nitrogens with one attached hydrogen (secondary N) is 1. The predicted molar refractivity (Wildman–Crippen MR) is 127 cm³/mol. The molecule has 0 bridgehead atoms. The smallest absolute Gasteiger partial charge is 0.491 e. The van der Waals surface area contributed by atoms with E-state index in [9.17, 15) is 10.4 Å². The Morgan fingerprint density at radius 2 is 1.94 bits per heavy atom. The minimum Gasteiger partial charge on any atom is -0.491 e. The maximum absolute atomic E-state index is 10.1. The van der Waals surface area contributed by atoms with E-state index in [1.165, 1.54) is 6.42 Å². The second-order valence-electron chi connectivity index (χ2n) is 8.17. The van der Waals surface area contributed by atoms with Crippen molar-refractivity contribution >= 4 is 22.7 Å².